The fourth-order valence-corrected chi connectivity index (χ4v) is 2.85. The maximum absolute atomic E-state index is 12.1. The van der Waals surface area contributed by atoms with Crippen molar-refractivity contribution in [3.8, 4) is 0 Å². The number of nitrogens with zero attached hydrogens (tertiary/aromatic N) is 3. The molecule has 1 unspecified atom stereocenters. The van der Waals surface area contributed by atoms with E-state index in [4.69, 9.17) is 0 Å². The Morgan fingerprint density at radius 2 is 2.00 bits per heavy atom. The molecule has 22 heavy (non-hydrogen) atoms. The highest BCUT2D eigenvalue weighted by atomic mass is 16.1. The second kappa shape index (κ2) is 6.46. The minimum Gasteiger partial charge on any atom is -0.352 e. The molecular formula is C16H23N5O. The summed E-state index contributed by atoms with van der Waals surface area (Å²) in [5.41, 5.74) is 0.625. The van der Waals surface area contributed by atoms with Gasteiger partial charge in [-0.2, -0.15) is 0 Å². The topological polar surface area (TPSA) is 64.3 Å². The summed E-state index contributed by atoms with van der Waals surface area (Å²) >= 11 is 0. The van der Waals surface area contributed by atoms with Gasteiger partial charge in [0.25, 0.3) is 5.56 Å². The molecule has 0 saturated carbocycles. The first-order valence-electron chi connectivity index (χ1n) is 7.78. The van der Waals surface area contributed by atoms with Gasteiger partial charge in [0.05, 0.1) is 10.9 Å². The van der Waals surface area contributed by atoms with Gasteiger partial charge >= 0.3 is 0 Å². The Hall–Kier alpha value is -1.92. The number of hydrogen-bond donors (Lipinski definition) is 2. The molecule has 6 heteroatoms. The van der Waals surface area contributed by atoms with Gasteiger partial charge in [-0.15, -0.1) is 0 Å². The maximum Gasteiger partial charge on any atom is 0.260 e. The monoisotopic (exact) mass is 301 g/mol. The number of aromatic amines is 1. The Kier molecular flexibility index (Phi) is 4.40. The second-order valence-corrected chi connectivity index (χ2v) is 6.08. The summed E-state index contributed by atoms with van der Waals surface area (Å²) < 4.78 is 0. The number of hydrogen-bond acceptors (Lipinski definition) is 5. The number of benzene rings is 1. The van der Waals surface area contributed by atoms with E-state index >= 15 is 0 Å². The average Bonchev–Trinajstić information content (AvgIpc) is 2.49. The lowest BCUT2D eigenvalue weighted by molar-refractivity contribution is 0.151. The van der Waals surface area contributed by atoms with E-state index in [0.29, 0.717) is 11.3 Å². The van der Waals surface area contributed by atoms with Crippen molar-refractivity contribution in [1.29, 1.82) is 0 Å². The number of H-pyrrole nitrogens is 1. The summed E-state index contributed by atoms with van der Waals surface area (Å²) in [7, 11) is 2.16. The number of piperazine rings is 1. The maximum atomic E-state index is 12.1. The molecule has 2 aromatic rings. The molecule has 118 valence electrons. The lowest BCUT2D eigenvalue weighted by Gasteiger charge is -2.34. The molecule has 1 aliphatic heterocycles. The lowest BCUT2D eigenvalue weighted by atomic mass is 10.2. The van der Waals surface area contributed by atoms with Crippen LogP contribution in [0, 0.1) is 0 Å². The molecule has 1 aromatic heterocycles. The molecule has 1 aromatic carbocycles. The minimum absolute atomic E-state index is 0.0973. The fourth-order valence-electron chi connectivity index (χ4n) is 2.85. The lowest BCUT2D eigenvalue weighted by Crippen LogP contribution is -2.47. The molecule has 0 bridgehead atoms. The zero-order valence-electron chi connectivity index (χ0n) is 13.2. The summed E-state index contributed by atoms with van der Waals surface area (Å²) in [4.78, 5) is 24.1. The summed E-state index contributed by atoms with van der Waals surface area (Å²) in [6, 6.07) is 7.63. The largest absolute Gasteiger partial charge is 0.352 e. The number of para-hydroxylation sites is 1. The van der Waals surface area contributed by atoms with Gasteiger partial charge in [-0.1, -0.05) is 12.1 Å². The van der Waals surface area contributed by atoms with Crippen molar-refractivity contribution in [2.75, 3.05) is 45.1 Å². The standard InChI is InChI=1S/C16H23N5O/c1-12(11-21-9-7-20(2)8-10-21)17-16-18-14-6-4-3-5-13(14)15(22)19-16/h3-6,12H,7-11H2,1-2H3,(H2,17,18,19,22). The van der Waals surface area contributed by atoms with Crippen LogP contribution >= 0.6 is 0 Å². The van der Waals surface area contributed by atoms with Gasteiger partial charge in [0.1, 0.15) is 0 Å². The molecule has 2 N–H and O–H groups in total. The van der Waals surface area contributed by atoms with Crippen molar-refractivity contribution in [1.82, 2.24) is 19.8 Å². The Labute approximate surface area is 130 Å². The Bertz CT molecular complexity index is 690. The number of nitrogens with one attached hydrogen (secondary N) is 2. The van der Waals surface area contributed by atoms with E-state index in [1.165, 1.54) is 0 Å². The number of fused-ring (bicyclic) bond motifs is 1. The van der Waals surface area contributed by atoms with E-state index in [2.05, 4.69) is 39.1 Å². The van der Waals surface area contributed by atoms with Crippen molar-refractivity contribution in [2.45, 2.75) is 13.0 Å². The van der Waals surface area contributed by atoms with Gasteiger partial charge in [-0.05, 0) is 26.1 Å². The predicted octanol–water partition coefficient (Wildman–Crippen LogP) is 0.971. The molecule has 1 saturated heterocycles. The van der Waals surface area contributed by atoms with Crippen LogP contribution < -0.4 is 10.9 Å². The predicted molar refractivity (Wildman–Crippen MR) is 89.4 cm³/mol. The van der Waals surface area contributed by atoms with Crippen molar-refractivity contribution < 1.29 is 0 Å². The first-order valence-corrected chi connectivity index (χ1v) is 7.78. The third-order valence-electron chi connectivity index (χ3n) is 4.12. The number of aromatic nitrogens is 2. The van der Waals surface area contributed by atoms with Gasteiger partial charge in [-0.25, -0.2) is 4.98 Å². The molecule has 0 aliphatic carbocycles. The van der Waals surface area contributed by atoms with E-state index < -0.39 is 0 Å². The molecule has 1 atom stereocenters. The third kappa shape index (κ3) is 3.45. The highest BCUT2D eigenvalue weighted by molar-refractivity contribution is 5.78. The minimum atomic E-state index is -0.0973. The molecule has 1 aliphatic rings. The SMILES string of the molecule is CC(CN1CCN(C)CC1)Nc1nc2ccccc2c(=O)[nH]1. The van der Waals surface area contributed by atoms with E-state index in [-0.39, 0.29) is 11.6 Å². The number of anilines is 1. The number of likely N-dealkylation sites (N-methyl/N-ethyl adjacent to an activating group) is 1. The van der Waals surface area contributed by atoms with Crippen LogP contribution in [-0.2, 0) is 0 Å². The van der Waals surface area contributed by atoms with Crippen molar-refractivity contribution >= 4 is 16.9 Å². The summed E-state index contributed by atoms with van der Waals surface area (Å²) in [5, 5.41) is 3.94. The molecule has 0 radical (unpaired) electrons. The molecule has 0 amide bonds. The number of rotatable bonds is 4. The molecular weight excluding hydrogens is 278 g/mol. The van der Waals surface area contributed by atoms with E-state index in [1.54, 1.807) is 6.07 Å². The normalized spacial score (nSPS) is 18.5. The summed E-state index contributed by atoms with van der Waals surface area (Å²) in [6.45, 7) is 7.46. The molecule has 1 fully saturated rings. The fraction of sp³-hybridized carbons (Fsp3) is 0.500. The van der Waals surface area contributed by atoms with Crippen LogP contribution in [0.5, 0.6) is 0 Å². The van der Waals surface area contributed by atoms with Crippen LogP contribution in [0.4, 0.5) is 5.95 Å². The van der Waals surface area contributed by atoms with Crippen LogP contribution in [0.1, 0.15) is 6.92 Å². The third-order valence-corrected chi connectivity index (χ3v) is 4.12. The van der Waals surface area contributed by atoms with Gasteiger partial charge in [0, 0.05) is 38.8 Å². The highest BCUT2D eigenvalue weighted by Gasteiger charge is 2.16. The van der Waals surface area contributed by atoms with Gasteiger partial charge < -0.3 is 10.2 Å². The second-order valence-electron chi connectivity index (χ2n) is 6.08. The van der Waals surface area contributed by atoms with Crippen LogP contribution in [0.15, 0.2) is 29.1 Å². The first kappa shape index (κ1) is 15.0. The van der Waals surface area contributed by atoms with Crippen LogP contribution in [0.25, 0.3) is 10.9 Å². The highest BCUT2D eigenvalue weighted by Crippen LogP contribution is 2.09. The van der Waals surface area contributed by atoms with Crippen LogP contribution in [-0.4, -0.2) is 65.6 Å². The van der Waals surface area contributed by atoms with E-state index in [9.17, 15) is 4.79 Å². The van der Waals surface area contributed by atoms with Gasteiger partial charge in [0.15, 0.2) is 0 Å². The van der Waals surface area contributed by atoms with Gasteiger partial charge in [0.2, 0.25) is 5.95 Å². The van der Waals surface area contributed by atoms with Gasteiger partial charge in [-0.3, -0.25) is 14.7 Å². The first-order chi connectivity index (χ1) is 10.6. The van der Waals surface area contributed by atoms with Crippen molar-refractivity contribution in [3.05, 3.63) is 34.6 Å². The van der Waals surface area contributed by atoms with Crippen molar-refractivity contribution in [2.24, 2.45) is 0 Å². The molecule has 2 heterocycles. The Morgan fingerprint density at radius 1 is 1.27 bits per heavy atom. The molecule has 0 spiro atoms. The smallest absolute Gasteiger partial charge is 0.260 e. The summed E-state index contributed by atoms with van der Waals surface area (Å²) in [6.07, 6.45) is 0. The van der Waals surface area contributed by atoms with Crippen LogP contribution in [0.2, 0.25) is 0 Å². The van der Waals surface area contributed by atoms with E-state index in [1.807, 2.05) is 18.2 Å². The van der Waals surface area contributed by atoms with Crippen molar-refractivity contribution in [3.63, 3.8) is 0 Å². The van der Waals surface area contributed by atoms with Crippen LogP contribution in [0.3, 0.4) is 0 Å². The molecule has 3 rings (SSSR count). The summed E-state index contributed by atoms with van der Waals surface area (Å²) in [5.74, 6) is 0.547. The zero-order chi connectivity index (χ0) is 15.5. The Balaban J connectivity index is 1.66. The average molecular weight is 301 g/mol. The quantitative estimate of drug-likeness (QED) is 0.881. The molecule has 6 nitrogen and oxygen atoms in total. The zero-order valence-corrected chi connectivity index (χ0v) is 13.2. The Morgan fingerprint density at radius 3 is 2.77 bits per heavy atom. The van der Waals surface area contributed by atoms with E-state index in [0.717, 1.165) is 38.2 Å².